The smallest absolute Gasteiger partial charge is 0.147 e. The molecule has 8 heteroatoms. The second kappa shape index (κ2) is 10.7. The topological polar surface area (TPSA) is 88.0 Å². The third-order valence-electron chi connectivity index (χ3n) is 6.80. The Morgan fingerprint density at radius 1 is 0.684 bits per heavy atom. The number of hydrogen-bond acceptors (Lipinski definition) is 8. The molecule has 1 saturated heterocycles. The monoisotopic (exact) mass is 501 g/mol. The summed E-state index contributed by atoms with van der Waals surface area (Å²) in [7, 11) is 0. The van der Waals surface area contributed by atoms with Crippen molar-refractivity contribution in [1.29, 1.82) is 0 Å². The van der Waals surface area contributed by atoms with Gasteiger partial charge in [-0.2, -0.15) is 0 Å². The Morgan fingerprint density at radius 2 is 1.47 bits per heavy atom. The van der Waals surface area contributed by atoms with Crippen LogP contribution in [0.2, 0.25) is 0 Å². The molecule has 1 fully saturated rings. The fraction of sp³-hybridized carbons (Fsp3) is 0.200. The van der Waals surface area contributed by atoms with E-state index >= 15 is 0 Å². The van der Waals surface area contributed by atoms with Crippen molar-refractivity contribution in [3.05, 3.63) is 103 Å². The van der Waals surface area contributed by atoms with Gasteiger partial charge < -0.3 is 9.80 Å². The summed E-state index contributed by atoms with van der Waals surface area (Å²) >= 11 is 0. The summed E-state index contributed by atoms with van der Waals surface area (Å²) in [5, 5.41) is 0. The molecule has 5 aromatic rings. The third-order valence-corrected chi connectivity index (χ3v) is 6.80. The van der Waals surface area contributed by atoms with Gasteiger partial charge in [0.05, 0.1) is 23.4 Å². The molecule has 0 aliphatic carbocycles. The summed E-state index contributed by atoms with van der Waals surface area (Å²) < 4.78 is 0. The number of carbonyl (C=O) groups is 1. The summed E-state index contributed by atoms with van der Waals surface area (Å²) in [5.74, 6) is 1.95. The van der Waals surface area contributed by atoms with Crippen molar-refractivity contribution < 1.29 is 4.79 Å². The highest BCUT2D eigenvalue weighted by molar-refractivity contribution is 5.84. The van der Waals surface area contributed by atoms with Crippen LogP contribution in [0.4, 0.5) is 11.6 Å². The molecule has 3 aromatic heterocycles. The van der Waals surface area contributed by atoms with Crippen LogP contribution in [0.1, 0.15) is 11.3 Å². The van der Waals surface area contributed by atoms with E-state index in [0.29, 0.717) is 12.8 Å². The number of piperazine rings is 1. The van der Waals surface area contributed by atoms with Crippen LogP contribution in [-0.4, -0.2) is 56.9 Å². The van der Waals surface area contributed by atoms with Crippen molar-refractivity contribution in [3.63, 3.8) is 0 Å². The van der Waals surface area contributed by atoms with Crippen LogP contribution in [0.25, 0.3) is 22.2 Å². The highest BCUT2D eigenvalue weighted by Crippen LogP contribution is 2.25. The zero-order chi connectivity index (χ0) is 25.7. The molecule has 38 heavy (non-hydrogen) atoms. The van der Waals surface area contributed by atoms with Gasteiger partial charge in [0, 0.05) is 63.3 Å². The zero-order valence-electron chi connectivity index (χ0n) is 20.9. The highest BCUT2D eigenvalue weighted by Gasteiger charge is 2.20. The van der Waals surface area contributed by atoms with Gasteiger partial charge in [-0.3, -0.25) is 19.7 Å². The van der Waals surface area contributed by atoms with E-state index in [-0.39, 0.29) is 5.78 Å². The quantitative estimate of drug-likeness (QED) is 0.329. The molecule has 1 aliphatic heterocycles. The zero-order valence-corrected chi connectivity index (χ0v) is 20.9. The van der Waals surface area contributed by atoms with E-state index in [4.69, 9.17) is 4.98 Å². The Kier molecular flexibility index (Phi) is 6.68. The van der Waals surface area contributed by atoms with Crippen LogP contribution in [0.5, 0.6) is 0 Å². The largest absolute Gasteiger partial charge is 0.352 e. The first kappa shape index (κ1) is 23.7. The Bertz CT molecular complexity index is 1530. The van der Waals surface area contributed by atoms with Gasteiger partial charge in [-0.15, -0.1) is 0 Å². The maximum atomic E-state index is 12.5. The van der Waals surface area contributed by atoms with Crippen molar-refractivity contribution in [2.45, 2.75) is 12.8 Å². The molecule has 0 N–H and O–H groups in total. The number of anilines is 2. The second-order valence-corrected chi connectivity index (χ2v) is 9.38. The summed E-state index contributed by atoms with van der Waals surface area (Å²) in [6.07, 6.45) is 9.55. The number of pyridine rings is 1. The van der Waals surface area contributed by atoms with Crippen LogP contribution in [0.15, 0.2) is 91.6 Å². The summed E-state index contributed by atoms with van der Waals surface area (Å²) in [4.78, 5) is 39.4. The number of carbonyl (C=O) groups excluding carboxylic acids is 1. The number of rotatable bonds is 7. The van der Waals surface area contributed by atoms with Crippen molar-refractivity contribution in [3.8, 4) is 11.1 Å². The summed E-state index contributed by atoms with van der Waals surface area (Å²) in [6.45, 7) is 3.40. The summed E-state index contributed by atoms with van der Waals surface area (Å²) in [6, 6.07) is 20.0. The average Bonchev–Trinajstić information content (AvgIpc) is 2.98. The highest BCUT2D eigenvalue weighted by atomic mass is 16.1. The maximum Gasteiger partial charge on any atom is 0.147 e. The Morgan fingerprint density at radius 3 is 2.21 bits per heavy atom. The standard InChI is InChI=1S/C30H27N7O/c38-26(19-25-3-1-2-10-32-25)17-22-4-6-23(7-5-22)24-8-9-27-28(18-24)35-30(21-34-27)37-15-13-36(14-16-37)29-20-31-11-12-33-29/h1-12,18,20-21H,13-17,19H2. The van der Waals surface area contributed by atoms with Crippen LogP contribution in [-0.2, 0) is 17.6 Å². The number of Topliss-reactive ketones (excluding diaryl/α,β-unsaturated/α-hetero) is 1. The van der Waals surface area contributed by atoms with Gasteiger partial charge in [-0.1, -0.05) is 36.4 Å². The lowest BCUT2D eigenvalue weighted by Crippen LogP contribution is -2.47. The van der Waals surface area contributed by atoms with Crippen molar-refractivity contribution >= 4 is 28.5 Å². The van der Waals surface area contributed by atoms with Gasteiger partial charge in [0.25, 0.3) is 0 Å². The second-order valence-electron chi connectivity index (χ2n) is 9.38. The molecule has 0 saturated carbocycles. The van der Waals surface area contributed by atoms with Crippen molar-refractivity contribution in [2.24, 2.45) is 0 Å². The fourth-order valence-electron chi connectivity index (χ4n) is 4.76. The van der Waals surface area contributed by atoms with E-state index in [0.717, 1.165) is 71.2 Å². The van der Waals surface area contributed by atoms with Crippen LogP contribution >= 0.6 is 0 Å². The first-order valence-electron chi connectivity index (χ1n) is 12.7. The Hall–Kier alpha value is -4.72. The van der Waals surface area contributed by atoms with Crippen LogP contribution in [0.3, 0.4) is 0 Å². The summed E-state index contributed by atoms with van der Waals surface area (Å²) in [5.41, 5.74) is 5.69. The molecule has 4 heterocycles. The van der Waals surface area contributed by atoms with Crippen molar-refractivity contribution in [2.75, 3.05) is 36.0 Å². The Labute approximate surface area is 221 Å². The van der Waals surface area contributed by atoms with E-state index in [9.17, 15) is 4.79 Å². The molecule has 0 unspecified atom stereocenters. The van der Waals surface area contributed by atoms with Gasteiger partial charge in [-0.25, -0.2) is 9.97 Å². The molecule has 2 aromatic carbocycles. The number of benzene rings is 2. The molecule has 0 radical (unpaired) electrons. The molecular weight excluding hydrogens is 474 g/mol. The van der Waals surface area contributed by atoms with Crippen molar-refractivity contribution in [1.82, 2.24) is 24.9 Å². The van der Waals surface area contributed by atoms with E-state index in [1.807, 2.05) is 42.6 Å². The first-order chi connectivity index (χ1) is 18.7. The predicted molar refractivity (Wildman–Crippen MR) is 148 cm³/mol. The minimum Gasteiger partial charge on any atom is -0.352 e. The molecule has 1 aliphatic rings. The first-order valence-corrected chi connectivity index (χ1v) is 12.7. The van der Waals surface area contributed by atoms with E-state index in [2.05, 4.69) is 54.0 Å². The maximum absolute atomic E-state index is 12.5. The van der Waals surface area contributed by atoms with E-state index in [1.165, 1.54) is 0 Å². The molecular formula is C30H27N7O. The molecule has 0 atom stereocenters. The SMILES string of the molecule is O=C(Cc1ccc(-c2ccc3ncc(N4CCN(c5cnccn5)CC4)nc3c2)cc1)Cc1ccccn1. The average molecular weight is 502 g/mol. The van der Waals surface area contributed by atoms with E-state index < -0.39 is 0 Å². The molecule has 0 amide bonds. The van der Waals surface area contributed by atoms with Gasteiger partial charge in [0.1, 0.15) is 17.4 Å². The van der Waals surface area contributed by atoms with Crippen LogP contribution < -0.4 is 9.80 Å². The lowest BCUT2D eigenvalue weighted by Gasteiger charge is -2.35. The fourth-order valence-corrected chi connectivity index (χ4v) is 4.76. The third kappa shape index (κ3) is 5.34. The normalized spacial score (nSPS) is 13.6. The predicted octanol–water partition coefficient (Wildman–Crippen LogP) is 4.16. The Balaban J connectivity index is 1.13. The number of aromatic nitrogens is 5. The number of nitrogens with zero attached hydrogens (tertiary/aromatic N) is 7. The number of hydrogen-bond donors (Lipinski definition) is 0. The molecule has 0 bridgehead atoms. The molecule has 0 spiro atoms. The van der Waals surface area contributed by atoms with Gasteiger partial charge in [0.2, 0.25) is 0 Å². The molecule has 6 rings (SSSR count). The number of ketones is 1. The molecule has 188 valence electrons. The number of fused-ring (bicyclic) bond motifs is 1. The van der Waals surface area contributed by atoms with Gasteiger partial charge >= 0.3 is 0 Å². The lowest BCUT2D eigenvalue weighted by molar-refractivity contribution is -0.117. The van der Waals surface area contributed by atoms with E-state index in [1.54, 1.807) is 24.8 Å². The van der Waals surface area contributed by atoms with Gasteiger partial charge in [-0.05, 0) is 41.0 Å². The van der Waals surface area contributed by atoms with Gasteiger partial charge in [0.15, 0.2) is 0 Å². The lowest BCUT2D eigenvalue weighted by atomic mass is 10.0. The minimum atomic E-state index is 0.155. The molecule has 8 nitrogen and oxygen atoms in total. The minimum absolute atomic E-state index is 0.155. The van der Waals surface area contributed by atoms with Crippen LogP contribution in [0, 0.1) is 0 Å².